The van der Waals surface area contributed by atoms with Gasteiger partial charge in [-0.05, 0) is 19.1 Å². The molecule has 0 bridgehead atoms. The topological polar surface area (TPSA) is 15.3 Å². The lowest BCUT2D eigenvalue weighted by atomic mass is 10.1. The summed E-state index contributed by atoms with van der Waals surface area (Å²) in [5, 5.41) is 3.30. The van der Waals surface area contributed by atoms with Gasteiger partial charge in [0.25, 0.3) is 0 Å². The summed E-state index contributed by atoms with van der Waals surface area (Å²) < 4.78 is 0. The van der Waals surface area contributed by atoms with Crippen LogP contribution in [0.2, 0.25) is 0 Å². The maximum Gasteiger partial charge on any atom is 0.0538 e. The van der Waals surface area contributed by atoms with Gasteiger partial charge in [0.15, 0.2) is 0 Å². The minimum atomic E-state index is 0.701. The Bertz CT molecular complexity index is 254. The molecule has 1 aliphatic heterocycles. The van der Waals surface area contributed by atoms with Crippen molar-refractivity contribution in [3.8, 4) is 0 Å². The van der Waals surface area contributed by atoms with E-state index >= 15 is 0 Å². The number of likely N-dealkylation sites (N-methyl/N-ethyl adjacent to an activating group) is 1. The summed E-state index contributed by atoms with van der Waals surface area (Å²) in [6, 6.07) is 11.3. The highest BCUT2D eigenvalue weighted by atomic mass is 15.2. The second-order valence-corrected chi connectivity index (χ2v) is 3.43. The third-order valence-corrected chi connectivity index (χ3v) is 2.63. The molecule has 0 amide bonds. The highest BCUT2D eigenvalue weighted by Gasteiger charge is 2.22. The van der Waals surface area contributed by atoms with Gasteiger partial charge in [-0.15, -0.1) is 0 Å². The fourth-order valence-corrected chi connectivity index (χ4v) is 1.76. The van der Waals surface area contributed by atoms with Gasteiger partial charge >= 0.3 is 0 Å². The highest BCUT2D eigenvalue weighted by Crippen LogP contribution is 2.17. The van der Waals surface area contributed by atoms with Crippen molar-refractivity contribution in [1.82, 2.24) is 5.32 Å². The SMILES string of the molecule is CCN(c1ccccc1)C1CNC1. The Morgan fingerprint density at radius 3 is 2.46 bits per heavy atom. The lowest BCUT2D eigenvalue weighted by Crippen LogP contribution is -2.57. The molecule has 0 unspecified atom stereocenters. The van der Waals surface area contributed by atoms with Gasteiger partial charge in [0.2, 0.25) is 0 Å². The zero-order valence-corrected chi connectivity index (χ0v) is 8.03. The van der Waals surface area contributed by atoms with Gasteiger partial charge in [-0.25, -0.2) is 0 Å². The van der Waals surface area contributed by atoms with E-state index in [2.05, 4.69) is 47.5 Å². The summed E-state index contributed by atoms with van der Waals surface area (Å²) in [4.78, 5) is 2.45. The first-order valence-corrected chi connectivity index (χ1v) is 4.94. The van der Waals surface area contributed by atoms with E-state index in [1.54, 1.807) is 0 Å². The Morgan fingerprint density at radius 1 is 1.31 bits per heavy atom. The van der Waals surface area contributed by atoms with Crippen molar-refractivity contribution in [3.63, 3.8) is 0 Å². The molecule has 2 heteroatoms. The van der Waals surface area contributed by atoms with E-state index in [4.69, 9.17) is 0 Å². The van der Waals surface area contributed by atoms with E-state index in [0.717, 1.165) is 19.6 Å². The molecular formula is C11H16N2. The number of hydrogen-bond donors (Lipinski definition) is 1. The number of nitrogens with one attached hydrogen (secondary N) is 1. The van der Waals surface area contributed by atoms with E-state index in [9.17, 15) is 0 Å². The van der Waals surface area contributed by atoms with E-state index in [0.29, 0.717) is 6.04 Å². The van der Waals surface area contributed by atoms with Crippen molar-refractivity contribution in [3.05, 3.63) is 30.3 Å². The van der Waals surface area contributed by atoms with E-state index in [1.165, 1.54) is 5.69 Å². The zero-order chi connectivity index (χ0) is 9.10. The summed E-state index contributed by atoms with van der Waals surface area (Å²) in [5.74, 6) is 0. The molecular weight excluding hydrogens is 160 g/mol. The highest BCUT2D eigenvalue weighted by molar-refractivity contribution is 5.47. The summed E-state index contributed by atoms with van der Waals surface area (Å²) >= 11 is 0. The molecule has 1 aromatic carbocycles. The Balaban J connectivity index is 2.12. The number of benzene rings is 1. The summed E-state index contributed by atoms with van der Waals surface area (Å²) in [6.07, 6.45) is 0. The van der Waals surface area contributed by atoms with Crippen LogP contribution in [0.15, 0.2) is 30.3 Å². The fraction of sp³-hybridized carbons (Fsp3) is 0.455. The minimum absolute atomic E-state index is 0.701. The second kappa shape index (κ2) is 3.79. The van der Waals surface area contributed by atoms with Gasteiger partial charge in [-0.3, -0.25) is 0 Å². The average molecular weight is 176 g/mol. The van der Waals surface area contributed by atoms with Gasteiger partial charge < -0.3 is 10.2 Å². The third kappa shape index (κ3) is 1.68. The van der Waals surface area contributed by atoms with Crippen molar-refractivity contribution in [2.75, 3.05) is 24.5 Å². The van der Waals surface area contributed by atoms with Crippen LogP contribution >= 0.6 is 0 Å². The first-order chi connectivity index (χ1) is 6.42. The molecule has 0 aromatic heterocycles. The fourth-order valence-electron chi connectivity index (χ4n) is 1.76. The molecule has 13 heavy (non-hydrogen) atoms. The normalized spacial score (nSPS) is 16.7. The van der Waals surface area contributed by atoms with Crippen LogP contribution in [-0.2, 0) is 0 Å². The Kier molecular flexibility index (Phi) is 2.50. The van der Waals surface area contributed by atoms with Gasteiger partial charge in [0.1, 0.15) is 0 Å². The molecule has 0 saturated carbocycles. The molecule has 1 fully saturated rings. The number of nitrogens with zero attached hydrogens (tertiary/aromatic N) is 1. The molecule has 1 saturated heterocycles. The molecule has 1 aliphatic rings. The van der Waals surface area contributed by atoms with Crippen molar-refractivity contribution >= 4 is 5.69 Å². The molecule has 0 aliphatic carbocycles. The Morgan fingerprint density at radius 2 is 2.00 bits per heavy atom. The molecule has 0 spiro atoms. The molecule has 1 aromatic rings. The number of para-hydroxylation sites is 1. The van der Waals surface area contributed by atoms with E-state index < -0.39 is 0 Å². The van der Waals surface area contributed by atoms with Crippen LogP contribution in [0.3, 0.4) is 0 Å². The second-order valence-electron chi connectivity index (χ2n) is 3.43. The van der Waals surface area contributed by atoms with Crippen LogP contribution in [0.25, 0.3) is 0 Å². The standard InChI is InChI=1S/C11H16N2/c1-2-13(11-8-12-9-11)10-6-4-3-5-7-10/h3-7,11-12H,2,8-9H2,1H3. The average Bonchev–Trinajstić information content (AvgIpc) is 2.12. The first kappa shape index (κ1) is 8.57. The number of rotatable bonds is 3. The van der Waals surface area contributed by atoms with Crippen LogP contribution in [0.5, 0.6) is 0 Å². The van der Waals surface area contributed by atoms with Gasteiger partial charge in [0.05, 0.1) is 6.04 Å². The van der Waals surface area contributed by atoms with Crippen molar-refractivity contribution < 1.29 is 0 Å². The van der Waals surface area contributed by atoms with Gasteiger partial charge in [-0.2, -0.15) is 0 Å². The Hall–Kier alpha value is -1.02. The maximum atomic E-state index is 3.30. The molecule has 2 nitrogen and oxygen atoms in total. The molecule has 1 heterocycles. The zero-order valence-electron chi connectivity index (χ0n) is 8.03. The monoisotopic (exact) mass is 176 g/mol. The summed E-state index contributed by atoms with van der Waals surface area (Å²) in [7, 11) is 0. The van der Waals surface area contributed by atoms with Crippen LogP contribution < -0.4 is 10.2 Å². The molecule has 0 radical (unpaired) electrons. The third-order valence-electron chi connectivity index (χ3n) is 2.63. The maximum absolute atomic E-state index is 3.30. The number of hydrogen-bond acceptors (Lipinski definition) is 2. The minimum Gasteiger partial charge on any atom is -0.366 e. The molecule has 2 rings (SSSR count). The van der Waals surface area contributed by atoms with Crippen LogP contribution in [0.1, 0.15) is 6.92 Å². The molecule has 1 N–H and O–H groups in total. The molecule has 70 valence electrons. The summed E-state index contributed by atoms with van der Waals surface area (Å²) in [6.45, 7) is 5.56. The predicted octanol–water partition coefficient (Wildman–Crippen LogP) is 1.48. The van der Waals surface area contributed by atoms with Crippen LogP contribution in [0, 0.1) is 0 Å². The first-order valence-electron chi connectivity index (χ1n) is 4.94. The summed E-state index contributed by atoms with van der Waals surface area (Å²) in [5.41, 5.74) is 1.34. The lowest BCUT2D eigenvalue weighted by molar-refractivity contribution is 0.417. The van der Waals surface area contributed by atoms with Crippen molar-refractivity contribution in [2.24, 2.45) is 0 Å². The van der Waals surface area contributed by atoms with E-state index in [1.807, 2.05) is 0 Å². The van der Waals surface area contributed by atoms with Crippen molar-refractivity contribution in [1.29, 1.82) is 0 Å². The van der Waals surface area contributed by atoms with Gasteiger partial charge in [-0.1, -0.05) is 18.2 Å². The largest absolute Gasteiger partial charge is 0.366 e. The molecule has 0 atom stereocenters. The van der Waals surface area contributed by atoms with Crippen LogP contribution in [-0.4, -0.2) is 25.7 Å². The number of anilines is 1. The van der Waals surface area contributed by atoms with Gasteiger partial charge in [0, 0.05) is 25.3 Å². The Labute approximate surface area is 79.6 Å². The quantitative estimate of drug-likeness (QED) is 0.750. The van der Waals surface area contributed by atoms with Crippen LogP contribution in [0.4, 0.5) is 5.69 Å². The smallest absolute Gasteiger partial charge is 0.0538 e. The predicted molar refractivity (Wildman–Crippen MR) is 56.1 cm³/mol. The lowest BCUT2D eigenvalue weighted by Gasteiger charge is -2.39. The van der Waals surface area contributed by atoms with E-state index in [-0.39, 0.29) is 0 Å². The van der Waals surface area contributed by atoms with Crippen molar-refractivity contribution in [2.45, 2.75) is 13.0 Å².